The molecule has 1 nitrogen and oxygen atoms in total. The van der Waals surface area contributed by atoms with Crippen LogP contribution < -0.4 is 0 Å². The van der Waals surface area contributed by atoms with Crippen LogP contribution in [0.1, 0.15) is 12.5 Å². The number of hydrogen-bond donors (Lipinski definition) is 1. The van der Waals surface area contributed by atoms with E-state index in [-0.39, 0.29) is 6.10 Å². The van der Waals surface area contributed by atoms with Crippen molar-refractivity contribution in [2.45, 2.75) is 24.8 Å². The molecule has 0 fully saturated rings. The van der Waals surface area contributed by atoms with Gasteiger partial charge in [0.25, 0.3) is 0 Å². The van der Waals surface area contributed by atoms with Crippen LogP contribution in [0.25, 0.3) is 0 Å². The van der Waals surface area contributed by atoms with E-state index in [9.17, 15) is 0 Å². The van der Waals surface area contributed by atoms with Crippen LogP contribution in [0, 0.1) is 6.92 Å². The molecule has 1 aromatic rings. The highest BCUT2D eigenvalue weighted by Gasteiger charge is 1.97. The Morgan fingerprint density at radius 3 is 2.83 bits per heavy atom. The second-order valence-corrected chi connectivity index (χ2v) is 4.07. The lowest BCUT2D eigenvalue weighted by atomic mass is 10.2. The van der Waals surface area contributed by atoms with Gasteiger partial charge in [-0.05, 0) is 26.0 Å². The van der Waals surface area contributed by atoms with Crippen LogP contribution >= 0.6 is 11.8 Å². The first-order valence-electron chi connectivity index (χ1n) is 4.06. The topological polar surface area (TPSA) is 20.2 Å². The van der Waals surface area contributed by atoms with Gasteiger partial charge in [0.15, 0.2) is 0 Å². The Morgan fingerprint density at radius 1 is 1.50 bits per heavy atom. The average Bonchev–Trinajstić information content (AvgIpc) is 2.01. The van der Waals surface area contributed by atoms with Gasteiger partial charge in [0.05, 0.1) is 6.10 Å². The van der Waals surface area contributed by atoms with Gasteiger partial charge in [0, 0.05) is 10.6 Å². The Labute approximate surface area is 77.8 Å². The second kappa shape index (κ2) is 4.53. The van der Waals surface area contributed by atoms with Crippen molar-refractivity contribution >= 4 is 11.8 Å². The highest BCUT2D eigenvalue weighted by Crippen LogP contribution is 2.19. The van der Waals surface area contributed by atoms with Crippen LogP contribution in [0.5, 0.6) is 0 Å². The molecule has 2 heteroatoms. The molecule has 0 heterocycles. The molecule has 0 aliphatic heterocycles. The maximum Gasteiger partial charge on any atom is 0.0606 e. The molecule has 1 rings (SSSR count). The third-order valence-corrected chi connectivity index (χ3v) is 2.72. The van der Waals surface area contributed by atoms with Gasteiger partial charge in [-0.2, -0.15) is 0 Å². The molecular weight excluding hydrogens is 168 g/mol. The van der Waals surface area contributed by atoms with Crippen LogP contribution in [0.3, 0.4) is 0 Å². The molecule has 0 aliphatic carbocycles. The Bertz CT molecular complexity index is 245. The third kappa shape index (κ3) is 3.28. The number of benzene rings is 1. The van der Waals surface area contributed by atoms with E-state index in [1.165, 1.54) is 10.5 Å². The summed E-state index contributed by atoms with van der Waals surface area (Å²) in [6, 6.07) is 8.32. The van der Waals surface area contributed by atoms with Crippen molar-refractivity contribution in [3.05, 3.63) is 29.8 Å². The molecule has 0 radical (unpaired) electrons. The minimum atomic E-state index is -0.226. The first kappa shape index (κ1) is 9.62. The highest BCUT2D eigenvalue weighted by molar-refractivity contribution is 7.99. The number of aliphatic hydroxyl groups excluding tert-OH is 1. The van der Waals surface area contributed by atoms with Gasteiger partial charge in [-0.1, -0.05) is 17.7 Å². The minimum Gasteiger partial charge on any atom is -0.393 e. The van der Waals surface area contributed by atoms with Crippen molar-refractivity contribution in [2.75, 3.05) is 5.75 Å². The summed E-state index contributed by atoms with van der Waals surface area (Å²) in [6.07, 6.45) is -0.226. The van der Waals surface area contributed by atoms with Gasteiger partial charge in [-0.3, -0.25) is 0 Å². The van der Waals surface area contributed by atoms with Gasteiger partial charge in [-0.15, -0.1) is 11.8 Å². The van der Waals surface area contributed by atoms with Crippen molar-refractivity contribution in [1.82, 2.24) is 0 Å². The van der Waals surface area contributed by atoms with E-state index in [0.717, 1.165) is 5.75 Å². The molecule has 0 saturated carbocycles. The van der Waals surface area contributed by atoms with Crippen molar-refractivity contribution in [1.29, 1.82) is 0 Å². The fraction of sp³-hybridized carbons (Fsp3) is 0.400. The summed E-state index contributed by atoms with van der Waals surface area (Å²) in [5.74, 6) is 0.767. The molecule has 1 aromatic carbocycles. The number of thioether (sulfide) groups is 1. The summed E-state index contributed by atoms with van der Waals surface area (Å²) in [5.41, 5.74) is 1.27. The lowest BCUT2D eigenvalue weighted by Crippen LogP contribution is -2.02. The second-order valence-electron chi connectivity index (χ2n) is 2.98. The first-order valence-corrected chi connectivity index (χ1v) is 5.04. The summed E-state index contributed by atoms with van der Waals surface area (Å²) < 4.78 is 0. The highest BCUT2D eigenvalue weighted by atomic mass is 32.2. The lowest BCUT2D eigenvalue weighted by molar-refractivity contribution is 0.220. The van der Waals surface area contributed by atoms with E-state index in [4.69, 9.17) is 5.11 Å². The van der Waals surface area contributed by atoms with E-state index in [0.29, 0.717) is 0 Å². The van der Waals surface area contributed by atoms with Crippen LogP contribution in [0.15, 0.2) is 29.2 Å². The van der Waals surface area contributed by atoms with Gasteiger partial charge in [0.1, 0.15) is 0 Å². The molecule has 66 valence electrons. The summed E-state index contributed by atoms with van der Waals surface area (Å²) >= 11 is 1.69. The maximum atomic E-state index is 9.06. The first-order chi connectivity index (χ1) is 5.68. The smallest absolute Gasteiger partial charge is 0.0606 e. The molecular formula is C10H14OS. The summed E-state index contributed by atoms with van der Waals surface area (Å²) in [4.78, 5) is 1.23. The fourth-order valence-corrected chi connectivity index (χ4v) is 1.80. The van der Waals surface area contributed by atoms with Crippen LogP contribution in [-0.2, 0) is 0 Å². The van der Waals surface area contributed by atoms with Gasteiger partial charge in [-0.25, -0.2) is 0 Å². The molecule has 0 bridgehead atoms. The van der Waals surface area contributed by atoms with Gasteiger partial charge >= 0.3 is 0 Å². The molecule has 1 N–H and O–H groups in total. The zero-order valence-corrected chi connectivity index (χ0v) is 8.27. The Kier molecular flexibility index (Phi) is 3.63. The van der Waals surface area contributed by atoms with Crippen LogP contribution in [-0.4, -0.2) is 17.0 Å². The molecule has 0 saturated heterocycles. The molecule has 0 unspecified atom stereocenters. The SMILES string of the molecule is Cc1cccc(SC[C@H](C)O)c1. The van der Waals surface area contributed by atoms with Gasteiger partial charge < -0.3 is 5.11 Å². The number of aliphatic hydroxyl groups is 1. The van der Waals surface area contributed by atoms with Crippen LogP contribution in [0.2, 0.25) is 0 Å². The quantitative estimate of drug-likeness (QED) is 0.725. The number of rotatable bonds is 3. The zero-order chi connectivity index (χ0) is 8.97. The summed E-state index contributed by atoms with van der Waals surface area (Å²) in [7, 11) is 0. The lowest BCUT2D eigenvalue weighted by Gasteiger charge is -2.04. The maximum absolute atomic E-state index is 9.06. The van der Waals surface area contributed by atoms with E-state index in [1.807, 2.05) is 13.0 Å². The average molecular weight is 182 g/mol. The fourth-order valence-electron chi connectivity index (χ4n) is 0.922. The summed E-state index contributed by atoms with van der Waals surface area (Å²) in [6.45, 7) is 3.88. The molecule has 12 heavy (non-hydrogen) atoms. The monoisotopic (exact) mass is 182 g/mol. The Hall–Kier alpha value is -0.470. The van der Waals surface area contributed by atoms with Crippen molar-refractivity contribution < 1.29 is 5.11 Å². The van der Waals surface area contributed by atoms with Gasteiger partial charge in [0.2, 0.25) is 0 Å². The van der Waals surface area contributed by atoms with E-state index in [1.54, 1.807) is 11.8 Å². The minimum absolute atomic E-state index is 0.226. The van der Waals surface area contributed by atoms with E-state index in [2.05, 4.69) is 25.1 Å². The largest absolute Gasteiger partial charge is 0.393 e. The van der Waals surface area contributed by atoms with E-state index < -0.39 is 0 Å². The zero-order valence-electron chi connectivity index (χ0n) is 7.45. The predicted molar refractivity (Wildman–Crippen MR) is 53.6 cm³/mol. The molecule has 0 aliphatic rings. The predicted octanol–water partition coefficient (Wildman–Crippen LogP) is 2.47. The van der Waals surface area contributed by atoms with E-state index >= 15 is 0 Å². The third-order valence-electron chi connectivity index (χ3n) is 1.48. The Balaban J connectivity index is 2.52. The number of hydrogen-bond acceptors (Lipinski definition) is 2. The number of aryl methyl sites for hydroxylation is 1. The molecule has 1 atom stereocenters. The standard InChI is InChI=1S/C10H14OS/c1-8-4-3-5-10(6-8)12-7-9(2)11/h3-6,9,11H,7H2,1-2H3/t9-/m0/s1. The summed E-state index contributed by atoms with van der Waals surface area (Å²) in [5, 5.41) is 9.06. The normalized spacial score (nSPS) is 12.9. The Morgan fingerprint density at radius 2 is 2.25 bits per heavy atom. The van der Waals surface area contributed by atoms with Crippen molar-refractivity contribution in [3.8, 4) is 0 Å². The molecule has 0 amide bonds. The van der Waals surface area contributed by atoms with Crippen molar-refractivity contribution in [2.24, 2.45) is 0 Å². The van der Waals surface area contributed by atoms with Crippen LogP contribution in [0.4, 0.5) is 0 Å². The molecule has 0 spiro atoms. The molecule has 0 aromatic heterocycles. The van der Waals surface area contributed by atoms with Crippen molar-refractivity contribution in [3.63, 3.8) is 0 Å².